The lowest BCUT2D eigenvalue weighted by Crippen LogP contribution is -2.07. The van der Waals surface area contributed by atoms with Crippen LogP contribution in [0.4, 0.5) is 11.5 Å². The standard InChI is InChI=1S/C23H16ClN5O4S/c1-13-6-9-15(10-7-13)34(32,33)21-20-23(27-18-5-3-2-4-17(18)26-20)28(22(21)25)14-8-11-16(24)19(12-14)29(30)31/h2-12H,25H2,1H3. The van der Waals surface area contributed by atoms with E-state index in [1.54, 1.807) is 36.4 Å². The van der Waals surface area contributed by atoms with E-state index < -0.39 is 14.8 Å². The average Bonchev–Trinajstić information content (AvgIpc) is 3.09. The molecule has 34 heavy (non-hydrogen) atoms. The van der Waals surface area contributed by atoms with Crippen molar-refractivity contribution in [1.82, 2.24) is 14.5 Å². The zero-order chi connectivity index (χ0) is 24.2. The first-order valence-corrected chi connectivity index (χ1v) is 11.9. The van der Waals surface area contributed by atoms with Gasteiger partial charge in [0.25, 0.3) is 5.69 Å². The fourth-order valence-electron chi connectivity index (χ4n) is 3.78. The molecule has 0 radical (unpaired) electrons. The van der Waals surface area contributed by atoms with Crippen LogP contribution in [0.15, 0.2) is 76.5 Å². The molecule has 9 nitrogen and oxygen atoms in total. The number of fused-ring (bicyclic) bond motifs is 2. The molecule has 0 atom stereocenters. The largest absolute Gasteiger partial charge is 0.384 e. The molecule has 5 rings (SSSR count). The van der Waals surface area contributed by atoms with E-state index in [9.17, 15) is 18.5 Å². The van der Waals surface area contributed by atoms with E-state index in [1.807, 2.05) is 6.92 Å². The highest BCUT2D eigenvalue weighted by molar-refractivity contribution is 7.92. The number of nitrogen functional groups attached to an aromatic ring is 1. The van der Waals surface area contributed by atoms with Crippen LogP contribution in [0.3, 0.4) is 0 Å². The van der Waals surface area contributed by atoms with E-state index in [0.29, 0.717) is 11.0 Å². The Hall–Kier alpha value is -4.02. The molecule has 170 valence electrons. The normalized spacial score (nSPS) is 11.8. The number of aromatic nitrogens is 3. The van der Waals surface area contributed by atoms with E-state index in [0.717, 1.165) is 5.56 Å². The fourth-order valence-corrected chi connectivity index (χ4v) is 5.45. The Labute approximate surface area is 198 Å². The number of para-hydroxylation sites is 2. The van der Waals surface area contributed by atoms with Crippen LogP contribution in [-0.2, 0) is 9.84 Å². The Kier molecular flexibility index (Phi) is 4.99. The number of nitro groups is 1. The van der Waals surface area contributed by atoms with E-state index in [-0.39, 0.29) is 43.2 Å². The number of hydrogen-bond donors (Lipinski definition) is 1. The molecule has 0 saturated heterocycles. The number of nitro benzene ring substituents is 1. The zero-order valence-electron chi connectivity index (χ0n) is 17.6. The molecule has 2 aromatic heterocycles. The van der Waals surface area contributed by atoms with Crippen molar-refractivity contribution in [3.05, 3.63) is 87.4 Å². The van der Waals surface area contributed by atoms with Crippen LogP contribution in [0.2, 0.25) is 5.02 Å². The van der Waals surface area contributed by atoms with Crippen LogP contribution >= 0.6 is 11.6 Å². The molecule has 0 saturated carbocycles. The molecule has 0 aliphatic rings. The van der Waals surface area contributed by atoms with Gasteiger partial charge in [-0.05, 0) is 43.3 Å². The number of nitrogens with zero attached hydrogens (tertiary/aromatic N) is 4. The van der Waals surface area contributed by atoms with Crippen LogP contribution < -0.4 is 5.73 Å². The number of aryl methyl sites for hydroxylation is 1. The Balaban J connectivity index is 1.90. The van der Waals surface area contributed by atoms with Gasteiger partial charge in [0.05, 0.1) is 26.5 Å². The molecule has 0 aliphatic heterocycles. The van der Waals surface area contributed by atoms with Crippen LogP contribution in [0.25, 0.3) is 27.9 Å². The summed E-state index contributed by atoms with van der Waals surface area (Å²) in [5.74, 6) is -0.164. The summed E-state index contributed by atoms with van der Waals surface area (Å²) in [7, 11) is -4.11. The van der Waals surface area contributed by atoms with E-state index in [4.69, 9.17) is 17.3 Å². The van der Waals surface area contributed by atoms with E-state index in [1.165, 1.54) is 34.9 Å². The molecule has 0 amide bonds. The Morgan fingerprint density at radius 3 is 2.29 bits per heavy atom. The monoisotopic (exact) mass is 493 g/mol. The quantitative estimate of drug-likeness (QED) is 0.279. The second-order valence-corrected chi connectivity index (χ2v) is 9.94. The van der Waals surface area contributed by atoms with Crippen LogP contribution in [0.5, 0.6) is 0 Å². The Bertz CT molecular complexity index is 1730. The summed E-state index contributed by atoms with van der Waals surface area (Å²) in [5, 5.41) is 11.4. The van der Waals surface area contributed by atoms with Gasteiger partial charge in [0.15, 0.2) is 5.65 Å². The highest BCUT2D eigenvalue weighted by Gasteiger charge is 2.31. The highest BCUT2D eigenvalue weighted by atomic mass is 35.5. The van der Waals surface area contributed by atoms with Gasteiger partial charge >= 0.3 is 0 Å². The number of rotatable bonds is 4. The van der Waals surface area contributed by atoms with Gasteiger partial charge in [-0.15, -0.1) is 0 Å². The zero-order valence-corrected chi connectivity index (χ0v) is 19.2. The average molecular weight is 494 g/mol. The first kappa shape index (κ1) is 21.8. The van der Waals surface area contributed by atoms with Crippen molar-refractivity contribution in [3.8, 4) is 5.69 Å². The summed E-state index contributed by atoms with van der Waals surface area (Å²) in [5.41, 5.74) is 8.41. The van der Waals surface area contributed by atoms with Crippen molar-refractivity contribution in [3.63, 3.8) is 0 Å². The molecule has 0 bridgehead atoms. The number of hydrogen-bond acceptors (Lipinski definition) is 7. The van der Waals surface area contributed by atoms with Gasteiger partial charge in [0.2, 0.25) is 9.84 Å². The minimum Gasteiger partial charge on any atom is -0.384 e. The fraction of sp³-hybridized carbons (Fsp3) is 0.0435. The van der Waals surface area contributed by atoms with Gasteiger partial charge in [-0.3, -0.25) is 14.7 Å². The number of nitrogens with two attached hydrogens (primary N) is 1. The van der Waals surface area contributed by atoms with Crippen molar-refractivity contribution >= 4 is 55.1 Å². The van der Waals surface area contributed by atoms with Gasteiger partial charge in [0.1, 0.15) is 21.3 Å². The second kappa shape index (κ2) is 7.79. The summed E-state index contributed by atoms with van der Waals surface area (Å²) in [4.78, 5) is 19.8. The van der Waals surface area contributed by atoms with Gasteiger partial charge in [-0.1, -0.05) is 41.4 Å². The summed E-state index contributed by atoms with van der Waals surface area (Å²) < 4.78 is 28.7. The number of benzene rings is 3. The SMILES string of the molecule is Cc1ccc(S(=O)(=O)c2c(N)n(-c3ccc(Cl)c([N+](=O)[O-])c3)c3nc4ccccc4nc23)cc1. The maximum Gasteiger partial charge on any atom is 0.289 e. The molecule has 0 aliphatic carbocycles. The molecule has 0 spiro atoms. The molecule has 2 N–H and O–H groups in total. The first-order chi connectivity index (χ1) is 16.2. The lowest BCUT2D eigenvalue weighted by atomic mass is 10.2. The summed E-state index contributed by atoms with van der Waals surface area (Å²) in [6.07, 6.45) is 0. The summed E-state index contributed by atoms with van der Waals surface area (Å²) in [6, 6.07) is 17.4. The maximum absolute atomic E-state index is 13.7. The van der Waals surface area contributed by atoms with Crippen LogP contribution in [-0.4, -0.2) is 27.9 Å². The van der Waals surface area contributed by atoms with E-state index in [2.05, 4.69) is 9.97 Å². The smallest absolute Gasteiger partial charge is 0.289 e. The molecule has 5 aromatic rings. The number of anilines is 1. The predicted molar refractivity (Wildman–Crippen MR) is 129 cm³/mol. The Morgan fingerprint density at radius 1 is 1.00 bits per heavy atom. The maximum atomic E-state index is 13.7. The second-order valence-electron chi connectivity index (χ2n) is 7.64. The van der Waals surface area contributed by atoms with Gasteiger partial charge in [0, 0.05) is 6.07 Å². The molecule has 2 heterocycles. The topological polar surface area (TPSA) is 134 Å². The van der Waals surface area contributed by atoms with Gasteiger partial charge < -0.3 is 5.73 Å². The molecule has 0 unspecified atom stereocenters. The van der Waals surface area contributed by atoms with Crippen LogP contribution in [0.1, 0.15) is 5.56 Å². The third-order valence-corrected chi connectivity index (χ3v) is 7.59. The van der Waals surface area contributed by atoms with Crippen molar-refractivity contribution in [2.45, 2.75) is 16.7 Å². The molecular weight excluding hydrogens is 478 g/mol. The van der Waals surface area contributed by atoms with Crippen molar-refractivity contribution in [2.24, 2.45) is 0 Å². The summed E-state index contributed by atoms with van der Waals surface area (Å²) in [6.45, 7) is 1.85. The van der Waals surface area contributed by atoms with Crippen molar-refractivity contribution in [2.75, 3.05) is 5.73 Å². The third kappa shape index (κ3) is 3.35. The van der Waals surface area contributed by atoms with Crippen molar-refractivity contribution in [1.29, 1.82) is 0 Å². The Morgan fingerprint density at radius 2 is 1.65 bits per heavy atom. The van der Waals surface area contributed by atoms with Crippen LogP contribution in [0, 0.1) is 17.0 Å². The predicted octanol–water partition coefficient (Wildman–Crippen LogP) is 4.86. The molecule has 3 aromatic carbocycles. The van der Waals surface area contributed by atoms with Gasteiger partial charge in [-0.25, -0.2) is 18.4 Å². The lowest BCUT2D eigenvalue weighted by Gasteiger charge is -2.09. The third-order valence-electron chi connectivity index (χ3n) is 5.44. The minimum absolute atomic E-state index is 0.0425. The molecule has 0 fully saturated rings. The number of sulfone groups is 1. The van der Waals surface area contributed by atoms with Crippen molar-refractivity contribution < 1.29 is 13.3 Å². The summed E-state index contributed by atoms with van der Waals surface area (Å²) >= 11 is 5.98. The first-order valence-electron chi connectivity index (χ1n) is 10.0. The minimum atomic E-state index is -4.11. The lowest BCUT2D eigenvalue weighted by molar-refractivity contribution is -0.384. The van der Waals surface area contributed by atoms with Gasteiger partial charge in [-0.2, -0.15) is 0 Å². The van der Waals surface area contributed by atoms with E-state index >= 15 is 0 Å². The number of halogens is 1. The molecular formula is C23H16ClN5O4S. The highest BCUT2D eigenvalue weighted by Crippen LogP contribution is 2.38. The molecule has 11 heteroatoms.